The third-order valence-electron chi connectivity index (χ3n) is 3.17. The van der Waals surface area contributed by atoms with Gasteiger partial charge in [-0.1, -0.05) is 6.92 Å². The van der Waals surface area contributed by atoms with Gasteiger partial charge in [-0.05, 0) is 47.3 Å². The maximum absolute atomic E-state index is 12.6. The number of amides is 1. The molecule has 1 aliphatic heterocycles. The predicted octanol–water partition coefficient (Wildman–Crippen LogP) is 2.19. The zero-order valence-corrected chi connectivity index (χ0v) is 14.4. The van der Waals surface area contributed by atoms with Crippen molar-refractivity contribution in [2.45, 2.75) is 36.4 Å². The second kappa shape index (κ2) is 6.55. The molecule has 1 aromatic heterocycles. The first-order chi connectivity index (χ1) is 9.46. The molecular weight excluding hydrogens is 364 g/mol. The molecule has 112 valence electrons. The van der Waals surface area contributed by atoms with E-state index in [1.807, 2.05) is 6.92 Å². The van der Waals surface area contributed by atoms with Gasteiger partial charge in [-0.25, -0.2) is 8.42 Å². The summed E-state index contributed by atoms with van der Waals surface area (Å²) in [6, 6.07) is 2.70. The average molecular weight is 381 g/mol. The number of sulfonamides is 1. The number of nitrogens with zero attached hydrogens (tertiary/aromatic N) is 1. The number of halogens is 1. The van der Waals surface area contributed by atoms with Gasteiger partial charge in [0, 0.05) is 13.1 Å². The Balaban J connectivity index is 2.20. The summed E-state index contributed by atoms with van der Waals surface area (Å²) in [7, 11) is -3.58. The fourth-order valence-corrected chi connectivity index (χ4v) is 6.00. The Morgan fingerprint density at radius 2 is 2.30 bits per heavy atom. The molecule has 8 heteroatoms. The molecule has 1 N–H and O–H groups in total. The smallest absolute Gasteiger partial charge is 0.253 e. The van der Waals surface area contributed by atoms with E-state index in [-0.39, 0.29) is 10.1 Å². The summed E-state index contributed by atoms with van der Waals surface area (Å²) in [6.07, 6.45) is 2.14. The summed E-state index contributed by atoms with van der Waals surface area (Å²) in [6.45, 7) is 2.95. The highest BCUT2D eigenvalue weighted by Gasteiger charge is 2.39. The molecule has 1 fully saturated rings. The van der Waals surface area contributed by atoms with E-state index in [1.54, 1.807) is 12.1 Å². The van der Waals surface area contributed by atoms with Crippen molar-refractivity contribution in [2.24, 2.45) is 0 Å². The standard InChI is InChI=1S/C12H17BrN2O3S2/c1-2-7-14-12(16)9-4-3-8-15(9)20(17,18)11-6-5-10(13)19-11/h5-6,9H,2-4,7-8H2,1H3,(H,14,16). The second-order valence-electron chi connectivity index (χ2n) is 4.62. The van der Waals surface area contributed by atoms with Crippen molar-refractivity contribution in [3.05, 3.63) is 15.9 Å². The Morgan fingerprint density at radius 3 is 2.90 bits per heavy atom. The van der Waals surface area contributed by atoms with Gasteiger partial charge in [-0.2, -0.15) is 4.31 Å². The van der Waals surface area contributed by atoms with Crippen molar-refractivity contribution in [2.75, 3.05) is 13.1 Å². The molecule has 5 nitrogen and oxygen atoms in total. The summed E-state index contributed by atoms with van der Waals surface area (Å²) < 4.78 is 27.5. The van der Waals surface area contributed by atoms with E-state index in [1.165, 1.54) is 15.6 Å². The molecule has 1 amide bonds. The number of carbonyl (C=O) groups is 1. The van der Waals surface area contributed by atoms with Gasteiger partial charge in [-0.3, -0.25) is 4.79 Å². The SMILES string of the molecule is CCCNC(=O)C1CCCN1S(=O)(=O)c1ccc(Br)s1. The molecule has 20 heavy (non-hydrogen) atoms. The van der Waals surface area contributed by atoms with Crippen LogP contribution in [0.4, 0.5) is 0 Å². The van der Waals surface area contributed by atoms with E-state index in [9.17, 15) is 13.2 Å². The Hall–Kier alpha value is -0.440. The molecular formula is C12H17BrN2O3S2. The van der Waals surface area contributed by atoms with Crippen molar-refractivity contribution < 1.29 is 13.2 Å². The zero-order valence-electron chi connectivity index (χ0n) is 11.1. The van der Waals surface area contributed by atoms with Crippen molar-refractivity contribution in [1.29, 1.82) is 0 Å². The van der Waals surface area contributed by atoms with Crippen LogP contribution in [-0.2, 0) is 14.8 Å². The molecule has 1 saturated heterocycles. The lowest BCUT2D eigenvalue weighted by Crippen LogP contribution is -2.45. The molecule has 0 saturated carbocycles. The van der Waals surface area contributed by atoms with Crippen LogP contribution in [-0.4, -0.2) is 37.8 Å². The number of carbonyl (C=O) groups excluding carboxylic acids is 1. The van der Waals surface area contributed by atoms with Crippen LogP contribution in [0.5, 0.6) is 0 Å². The Morgan fingerprint density at radius 1 is 1.55 bits per heavy atom. The van der Waals surface area contributed by atoms with E-state index < -0.39 is 16.1 Å². The summed E-state index contributed by atoms with van der Waals surface area (Å²) >= 11 is 4.44. The molecule has 0 aliphatic carbocycles. The lowest BCUT2D eigenvalue weighted by molar-refractivity contribution is -0.124. The van der Waals surface area contributed by atoms with Crippen LogP contribution in [0.1, 0.15) is 26.2 Å². The third-order valence-corrected chi connectivity index (χ3v) is 7.17. The van der Waals surface area contributed by atoms with Crippen molar-refractivity contribution in [3.63, 3.8) is 0 Å². The number of thiophene rings is 1. The van der Waals surface area contributed by atoms with E-state index >= 15 is 0 Å². The van der Waals surface area contributed by atoms with E-state index in [0.717, 1.165) is 16.6 Å². The third kappa shape index (κ3) is 3.24. The lowest BCUT2D eigenvalue weighted by Gasteiger charge is -2.22. The first-order valence-corrected chi connectivity index (χ1v) is 9.56. The summed E-state index contributed by atoms with van der Waals surface area (Å²) in [5.74, 6) is -0.191. The number of hydrogen-bond donors (Lipinski definition) is 1. The molecule has 1 aliphatic rings. The predicted molar refractivity (Wildman–Crippen MR) is 82.2 cm³/mol. The quantitative estimate of drug-likeness (QED) is 0.850. The normalized spacial score (nSPS) is 20.2. The molecule has 0 spiro atoms. The van der Waals surface area contributed by atoms with Crippen LogP contribution >= 0.6 is 27.3 Å². The average Bonchev–Trinajstić information content (AvgIpc) is 3.04. The first kappa shape index (κ1) is 15.9. The minimum atomic E-state index is -3.58. The maximum atomic E-state index is 12.6. The fourth-order valence-electron chi connectivity index (χ4n) is 2.21. The van der Waals surface area contributed by atoms with Gasteiger partial charge < -0.3 is 5.32 Å². The second-order valence-corrected chi connectivity index (χ2v) is 9.20. The molecule has 0 bridgehead atoms. The van der Waals surface area contributed by atoms with E-state index in [2.05, 4.69) is 21.2 Å². The fraction of sp³-hybridized carbons (Fsp3) is 0.583. The Kier molecular flexibility index (Phi) is 5.22. The highest BCUT2D eigenvalue weighted by atomic mass is 79.9. The van der Waals surface area contributed by atoms with Crippen LogP contribution in [0.15, 0.2) is 20.1 Å². The van der Waals surface area contributed by atoms with Crippen molar-refractivity contribution >= 4 is 43.2 Å². The Bertz CT molecular complexity index is 585. The molecule has 0 radical (unpaired) electrons. The van der Waals surface area contributed by atoms with Gasteiger partial charge in [0.15, 0.2) is 0 Å². The summed E-state index contributed by atoms with van der Waals surface area (Å²) in [5, 5.41) is 2.78. The largest absolute Gasteiger partial charge is 0.355 e. The number of nitrogens with one attached hydrogen (secondary N) is 1. The molecule has 0 aromatic carbocycles. The maximum Gasteiger partial charge on any atom is 0.253 e. The van der Waals surface area contributed by atoms with Gasteiger partial charge in [0.1, 0.15) is 10.3 Å². The molecule has 1 atom stereocenters. The first-order valence-electron chi connectivity index (χ1n) is 6.51. The van der Waals surface area contributed by atoms with Gasteiger partial charge in [0.05, 0.1) is 3.79 Å². The zero-order chi connectivity index (χ0) is 14.8. The number of rotatable bonds is 5. The molecule has 2 rings (SSSR count). The molecule has 2 heterocycles. The number of hydrogen-bond acceptors (Lipinski definition) is 4. The van der Waals surface area contributed by atoms with E-state index in [0.29, 0.717) is 19.5 Å². The minimum Gasteiger partial charge on any atom is -0.355 e. The lowest BCUT2D eigenvalue weighted by atomic mass is 10.2. The highest BCUT2D eigenvalue weighted by molar-refractivity contribution is 9.11. The van der Waals surface area contributed by atoms with Gasteiger partial charge >= 0.3 is 0 Å². The monoisotopic (exact) mass is 380 g/mol. The van der Waals surface area contributed by atoms with Gasteiger partial charge in [-0.15, -0.1) is 11.3 Å². The minimum absolute atomic E-state index is 0.191. The van der Waals surface area contributed by atoms with E-state index in [4.69, 9.17) is 0 Å². The topological polar surface area (TPSA) is 66.5 Å². The van der Waals surface area contributed by atoms with Crippen LogP contribution in [0.25, 0.3) is 0 Å². The van der Waals surface area contributed by atoms with Crippen LogP contribution in [0.2, 0.25) is 0 Å². The molecule has 1 aromatic rings. The van der Waals surface area contributed by atoms with Gasteiger partial charge in [0.25, 0.3) is 10.0 Å². The van der Waals surface area contributed by atoms with Gasteiger partial charge in [0.2, 0.25) is 5.91 Å². The van der Waals surface area contributed by atoms with Crippen LogP contribution < -0.4 is 5.32 Å². The highest BCUT2D eigenvalue weighted by Crippen LogP contribution is 2.32. The van der Waals surface area contributed by atoms with Crippen LogP contribution in [0, 0.1) is 0 Å². The van der Waals surface area contributed by atoms with Crippen molar-refractivity contribution in [1.82, 2.24) is 9.62 Å². The van der Waals surface area contributed by atoms with Crippen molar-refractivity contribution in [3.8, 4) is 0 Å². The Labute approximate surface area is 131 Å². The molecule has 1 unspecified atom stereocenters. The summed E-state index contributed by atoms with van der Waals surface area (Å²) in [4.78, 5) is 12.1. The van der Waals surface area contributed by atoms with Crippen LogP contribution in [0.3, 0.4) is 0 Å². The summed E-state index contributed by atoms with van der Waals surface area (Å²) in [5.41, 5.74) is 0.